The van der Waals surface area contributed by atoms with Gasteiger partial charge in [-0.25, -0.2) is 0 Å². The molecule has 23 heavy (non-hydrogen) atoms. The number of hydrogen-bond acceptors (Lipinski definition) is 5. The van der Waals surface area contributed by atoms with Crippen molar-refractivity contribution >= 4 is 39.6 Å². The van der Waals surface area contributed by atoms with Crippen molar-refractivity contribution in [2.45, 2.75) is 31.6 Å². The predicted molar refractivity (Wildman–Crippen MR) is 89.0 cm³/mol. The molecule has 2 aromatic heterocycles. The van der Waals surface area contributed by atoms with Gasteiger partial charge in [-0.15, -0.1) is 22.7 Å². The lowest BCUT2D eigenvalue weighted by molar-refractivity contribution is -0.139. The molecule has 2 heterocycles. The van der Waals surface area contributed by atoms with Crippen LogP contribution in [0.2, 0.25) is 0 Å². The number of nitrogens with one attached hydrogen (secondary N) is 1. The van der Waals surface area contributed by atoms with Gasteiger partial charge in [-0.3, -0.25) is 9.59 Å². The average Bonchev–Trinajstić information content (AvgIpc) is 3.13. The van der Waals surface area contributed by atoms with E-state index in [9.17, 15) is 20.0 Å². The number of rotatable bonds is 4. The minimum Gasteiger partial charge on any atom is -0.481 e. The van der Waals surface area contributed by atoms with Crippen molar-refractivity contribution in [3.8, 4) is 6.07 Å². The van der Waals surface area contributed by atoms with Crippen molar-refractivity contribution in [3.05, 3.63) is 38.4 Å². The molecule has 0 aliphatic heterocycles. The number of carboxylic acid groups (broad SMARTS) is 1. The van der Waals surface area contributed by atoms with E-state index in [4.69, 9.17) is 0 Å². The highest BCUT2D eigenvalue weighted by molar-refractivity contribution is 7.16. The second-order valence-corrected chi connectivity index (χ2v) is 7.48. The van der Waals surface area contributed by atoms with E-state index in [0.29, 0.717) is 22.5 Å². The van der Waals surface area contributed by atoms with Crippen LogP contribution in [0.15, 0.2) is 17.5 Å². The minimum absolute atomic E-state index is 0.186. The number of nitrogens with zero attached hydrogens (tertiary/aromatic N) is 1. The molecule has 1 amide bonds. The molecule has 0 saturated carbocycles. The molecule has 5 nitrogen and oxygen atoms in total. The summed E-state index contributed by atoms with van der Waals surface area (Å²) < 4.78 is 0. The normalized spacial score (nSPS) is 16.4. The van der Waals surface area contributed by atoms with E-state index in [1.54, 1.807) is 0 Å². The number of hydrogen-bond donors (Lipinski definition) is 2. The Kier molecular flexibility index (Phi) is 4.46. The number of carbonyl (C=O) groups is 2. The van der Waals surface area contributed by atoms with Gasteiger partial charge in [0.05, 0.1) is 17.9 Å². The Hall–Kier alpha value is -2.17. The molecule has 1 aliphatic carbocycles. The second-order valence-electron chi connectivity index (χ2n) is 5.34. The van der Waals surface area contributed by atoms with Crippen molar-refractivity contribution < 1.29 is 14.7 Å². The zero-order valence-corrected chi connectivity index (χ0v) is 13.8. The molecule has 0 radical (unpaired) electrons. The standard InChI is InChI=1S/C16H14N2O3S2/c17-8-11-14-10(16(20)21)4-1-5-12(14)23-15(11)18-13(19)7-9-3-2-6-22-9/h2-3,6,10H,1,4-5,7H2,(H,18,19)(H,20,21). The number of anilines is 1. The first-order valence-electron chi connectivity index (χ1n) is 7.21. The van der Waals surface area contributed by atoms with Gasteiger partial charge in [-0.05, 0) is 30.7 Å². The van der Waals surface area contributed by atoms with Crippen LogP contribution in [-0.4, -0.2) is 17.0 Å². The monoisotopic (exact) mass is 346 g/mol. The Balaban J connectivity index is 1.87. The number of fused-ring (bicyclic) bond motifs is 1. The Morgan fingerprint density at radius 2 is 2.30 bits per heavy atom. The maximum atomic E-state index is 12.2. The molecule has 0 spiro atoms. The Bertz CT molecular complexity index is 787. The lowest BCUT2D eigenvalue weighted by Gasteiger charge is -2.18. The van der Waals surface area contributed by atoms with Gasteiger partial charge in [-0.2, -0.15) is 5.26 Å². The molecular formula is C16H14N2O3S2. The van der Waals surface area contributed by atoms with Crippen LogP contribution in [0, 0.1) is 11.3 Å². The van der Waals surface area contributed by atoms with Crippen LogP contribution in [0.4, 0.5) is 5.00 Å². The van der Waals surface area contributed by atoms with Gasteiger partial charge in [0, 0.05) is 15.3 Å². The van der Waals surface area contributed by atoms with E-state index in [1.807, 2.05) is 17.5 Å². The van der Waals surface area contributed by atoms with Crippen molar-refractivity contribution in [2.24, 2.45) is 0 Å². The lowest BCUT2D eigenvalue weighted by Crippen LogP contribution is -2.18. The number of carbonyl (C=O) groups excluding carboxylic acids is 1. The fraction of sp³-hybridized carbons (Fsp3) is 0.312. The molecule has 7 heteroatoms. The number of carboxylic acids is 1. The number of aliphatic carboxylic acids is 1. The van der Waals surface area contributed by atoms with E-state index in [-0.39, 0.29) is 12.3 Å². The van der Waals surface area contributed by atoms with Gasteiger partial charge in [0.1, 0.15) is 11.1 Å². The molecule has 118 valence electrons. The Labute approximate surface area is 141 Å². The number of aryl methyl sites for hydroxylation is 1. The summed E-state index contributed by atoms with van der Waals surface area (Å²) in [6.45, 7) is 0. The van der Waals surface area contributed by atoms with Gasteiger partial charge < -0.3 is 10.4 Å². The van der Waals surface area contributed by atoms with E-state index in [1.165, 1.54) is 22.7 Å². The molecule has 2 N–H and O–H groups in total. The maximum absolute atomic E-state index is 12.2. The summed E-state index contributed by atoms with van der Waals surface area (Å²) in [7, 11) is 0. The Morgan fingerprint density at radius 3 is 2.96 bits per heavy atom. The van der Waals surface area contributed by atoms with Crippen molar-refractivity contribution in [1.82, 2.24) is 0 Å². The first-order chi connectivity index (χ1) is 11.1. The van der Waals surface area contributed by atoms with Gasteiger partial charge in [0.15, 0.2) is 0 Å². The lowest BCUT2D eigenvalue weighted by atomic mass is 9.85. The number of amides is 1. The maximum Gasteiger partial charge on any atom is 0.311 e. The molecule has 2 aromatic rings. The third-order valence-corrected chi connectivity index (χ3v) is 5.90. The third kappa shape index (κ3) is 3.14. The van der Waals surface area contributed by atoms with Crippen molar-refractivity contribution in [2.75, 3.05) is 5.32 Å². The molecule has 3 rings (SSSR count). The van der Waals surface area contributed by atoms with Gasteiger partial charge in [0.2, 0.25) is 5.91 Å². The van der Waals surface area contributed by atoms with Crippen molar-refractivity contribution in [3.63, 3.8) is 0 Å². The molecule has 0 saturated heterocycles. The van der Waals surface area contributed by atoms with Crippen LogP contribution in [0.5, 0.6) is 0 Å². The van der Waals surface area contributed by atoms with Crippen LogP contribution < -0.4 is 5.32 Å². The highest BCUT2D eigenvalue weighted by Crippen LogP contribution is 2.43. The average molecular weight is 346 g/mol. The largest absolute Gasteiger partial charge is 0.481 e. The molecule has 0 aromatic carbocycles. The van der Waals surface area contributed by atoms with Crippen LogP contribution >= 0.6 is 22.7 Å². The molecule has 0 fully saturated rings. The van der Waals surface area contributed by atoms with Crippen LogP contribution in [0.1, 0.15) is 39.6 Å². The molecule has 1 atom stereocenters. The van der Waals surface area contributed by atoms with E-state index in [2.05, 4.69) is 11.4 Å². The van der Waals surface area contributed by atoms with Gasteiger partial charge in [0.25, 0.3) is 0 Å². The van der Waals surface area contributed by atoms with E-state index >= 15 is 0 Å². The summed E-state index contributed by atoms with van der Waals surface area (Å²) in [5.41, 5.74) is 0.916. The fourth-order valence-electron chi connectivity index (χ4n) is 2.84. The smallest absolute Gasteiger partial charge is 0.311 e. The second kappa shape index (κ2) is 6.52. The zero-order valence-electron chi connectivity index (χ0n) is 12.2. The van der Waals surface area contributed by atoms with Crippen LogP contribution in [-0.2, 0) is 22.4 Å². The van der Waals surface area contributed by atoms with E-state index in [0.717, 1.165) is 22.6 Å². The molecule has 0 bridgehead atoms. The summed E-state index contributed by atoms with van der Waals surface area (Å²) in [6, 6.07) is 5.86. The highest BCUT2D eigenvalue weighted by Gasteiger charge is 2.33. The summed E-state index contributed by atoms with van der Waals surface area (Å²) in [5, 5.41) is 24.0. The topological polar surface area (TPSA) is 90.2 Å². The third-order valence-electron chi connectivity index (χ3n) is 3.84. The fourth-order valence-corrected chi connectivity index (χ4v) is 4.82. The first-order valence-corrected chi connectivity index (χ1v) is 8.90. The molecule has 1 aliphatic rings. The number of thiophene rings is 2. The summed E-state index contributed by atoms with van der Waals surface area (Å²) in [4.78, 5) is 25.4. The zero-order chi connectivity index (χ0) is 16.4. The van der Waals surface area contributed by atoms with E-state index < -0.39 is 11.9 Å². The Morgan fingerprint density at radius 1 is 1.48 bits per heavy atom. The summed E-state index contributed by atoms with van der Waals surface area (Å²) in [5.74, 6) is -1.74. The van der Waals surface area contributed by atoms with Crippen LogP contribution in [0.25, 0.3) is 0 Å². The minimum atomic E-state index is -0.906. The highest BCUT2D eigenvalue weighted by atomic mass is 32.1. The number of nitriles is 1. The summed E-state index contributed by atoms with van der Waals surface area (Å²) >= 11 is 2.84. The SMILES string of the molecule is N#Cc1c(NC(=O)Cc2cccs2)sc2c1C(C(=O)O)CCC2. The molecule has 1 unspecified atom stereocenters. The van der Waals surface area contributed by atoms with Gasteiger partial charge >= 0.3 is 5.97 Å². The summed E-state index contributed by atoms with van der Waals surface area (Å²) in [6.07, 6.45) is 2.35. The van der Waals surface area contributed by atoms with Crippen LogP contribution in [0.3, 0.4) is 0 Å². The predicted octanol–water partition coefficient (Wildman–Crippen LogP) is 3.37. The van der Waals surface area contributed by atoms with Crippen molar-refractivity contribution in [1.29, 1.82) is 5.26 Å². The van der Waals surface area contributed by atoms with Gasteiger partial charge in [-0.1, -0.05) is 6.07 Å². The quantitative estimate of drug-likeness (QED) is 0.888. The first kappa shape index (κ1) is 15.7. The molecular weight excluding hydrogens is 332 g/mol.